The Morgan fingerprint density at radius 2 is 2.17 bits per heavy atom. The number of anilines is 1. The molecule has 1 aliphatic carbocycles. The second kappa shape index (κ2) is 4.92. The van der Waals surface area contributed by atoms with Gasteiger partial charge in [0.25, 0.3) is 5.91 Å². The topological polar surface area (TPSA) is 66.9 Å². The largest absolute Gasteiger partial charge is 0.365 e. The lowest BCUT2D eigenvalue weighted by molar-refractivity contribution is 0.0957. The smallest absolute Gasteiger partial charge is 0.271 e. The molecule has 5 heteroatoms. The number of carbonyl (C=O) groups is 1. The van der Waals surface area contributed by atoms with Crippen LogP contribution in [0.5, 0.6) is 0 Å². The minimum atomic E-state index is -0.213. The normalized spacial score (nSPS) is 21.6. The molecule has 1 saturated carbocycles. The highest BCUT2D eigenvalue weighted by molar-refractivity contribution is 5.91. The molecule has 1 aliphatic rings. The number of aromatic nitrogens is 2. The van der Waals surface area contributed by atoms with Crippen LogP contribution in [0.15, 0.2) is 12.1 Å². The molecule has 1 heterocycles. The minimum Gasteiger partial charge on any atom is -0.365 e. The molecule has 1 atom stereocenters. The Hall–Kier alpha value is -1.65. The first kappa shape index (κ1) is 12.8. The van der Waals surface area contributed by atoms with Gasteiger partial charge in [0, 0.05) is 13.1 Å². The van der Waals surface area contributed by atoms with Crippen molar-refractivity contribution < 1.29 is 4.79 Å². The highest BCUT2D eigenvalue weighted by atomic mass is 16.1. The van der Waals surface area contributed by atoms with E-state index < -0.39 is 0 Å². The predicted octanol–water partition coefficient (Wildman–Crippen LogP) is 1.83. The van der Waals surface area contributed by atoms with Crippen molar-refractivity contribution in [2.75, 3.05) is 12.4 Å². The van der Waals surface area contributed by atoms with Gasteiger partial charge in [0.2, 0.25) is 0 Å². The van der Waals surface area contributed by atoms with Crippen LogP contribution in [0.4, 0.5) is 5.82 Å². The van der Waals surface area contributed by atoms with Crippen LogP contribution in [0.25, 0.3) is 0 Å². The third-order valence-corrected chi connectivity index (χ3v) is 3.70. The van der Waals surface area contributed by atoms with Gasteiger partial charge in [0.05, 0.1) is 0 Å². The average molecular weight is 248 g/mol. The highest BCUT2D eigenvalue weighted by Crippen LogP contribution is 2.38. The number of amides is 1. The Kier molecular flexibility index (Phi) is 3.50. The van der Waals surface area contributed by atoms with Gasteiger partial charge in [-0.25, -0.2) is 0 Å². The predicted molar refractivity (Wildman–Crippen MR) is 70.5 cm³/mol. The first-order valence-electron chi connectivity index (χ1n) is 6.35. The molecule has 0 saturated heterocycles. The maximum absolute atomic E-state index is 11.3. The summed E-state index contributed by atoms with van der Waals surface area (Å²) < 4.78 is 0. The zero-order chi connectivity index (χ0) is 13.2. The molecule has 0 aliphatic heterocycles. The molecule has 1 fully saturated rings. The van der Waals surface area contributed by atoms with Crippen molar-refractivity contribution in [3.63, 3.8) is 0 Å². The minimum absolute atomic E-state index is 0.213. The van der Waals surface area contributed by atoms with Crippen LogP contribution in [-0.2, 0) is 0 Å². The first-order valence-corrected chi connectivity index (χ1v) is 6.35. The summed E-state index contributed by atoms with van der Waals surface area (Å²) in [6.07, 6.45) is 3.63. The van der Waals surface area contributed by atoms with E-state index in [-0.39, 0.29) is 5.91 Å². The summed E-state index contributed by atoms with van der Waals surface area (Å²) in [5.74, 6) is 0.526. The molecule has 2 rings (SSSR count). The molecule has 0 radical (unpaired) electrons. The molecule has 0 aromatic carbocycles. The summed E-state index contributed by atoms with van der Waals surface area (Å²) in [4.78, 5) is 11.3. The maximum Gasteiger partial charge on any atom is 0.271 e. The van der Waals surface area contributed by atoms with Crippen molar-refractivity contribution in [2.45, 2.75) is 39.2 Å². The first-order chi connectivity index (χ1) is 8.53. The molecule has 0 spiro atoms. The van der Waals surface area contributed by atoms with Crippen LogP contribution >= 0.6 is 0 Å². The average Bonchev–Trinajstić information content (AvgIpc) is 2.69. The van der Waals surface area contributed by atoms with Gasteiger partial charge in [-0.1, -0.05) is 20.3 Å². The second-order valence-corrected chi connectivity index (χ2v) is 5.46. The van der Waals surface area contributed by atoms with Crippen molar-refractivity contribution in [3.05, 3.63) is 17.8 Å². The monoisotopic (exact) mass is 248 g/mol. The van der Waals surface area contributed by atoms with Gasteiger partial charge in [-0.3, -0.25) is 4.79 Å². The van der Waals surface area contributed by atoms with E-state index in [1.165, 1.54) is 12.8 Å². The molecule has 1 aromatic rings. The number of carbonyl (C=O) groups excluding carboxylic acids is 1. The van der Waals surface area contributed by atoms with Gasteiger partial charge in [-0.05, 0) is 30.4 Å². The maximum atomic E-state index is 11.3. The second-order valence-electron chi connectivity index (χ2n) is 5.46. The summed E-state index contributed by atoms with van der Waals surface area (Å²) in [5, 5.41) is 13.9. The summed E-state index contributed by atoms with van der Waals surface area (Å²) in [6, 6.07) is 3.93. The van der Waals surface area contributed by atoms with Crippen molar-refractivity contribution in [1.29, 1.82) is 0 Å². The van der Waals surface area contributed by atoms with E-state index in [0.717, 1.165) is 12.2 Å². The van der Waals surface area contributed by atoms with Gasteiger partial charge in [-0.15, -0.1) is 10.2 Å². The summed E-state index contributed by atoms with van der Waals surface area (Å²) in [6.45, 7) is 4.54. The van der Waals surface area contributed by atoms with Gasteiger partial charge in [0.15, 0.2) is 5.69 Å². The van der Waals surface area contributed by atoms with Crippen LogP contribution in [0.2, 0.25) is 0 Å². The Morgan fingerprint density at radius 3 is 2.67 bits per heavy atom. The van der Waals surface area contributed by atoms with Gasteiger partial charge < -0.3 is 10.6 Å². The standard InChI is InChI=1S/C13H20N4O/c1-13(2)8-4-5-10(13)15-11-7-6-9(16-17-11)12(18)14-3/h6-7,10H,4-5,8H2,1-3H3,(H,14,18)(H,15,17). The zero-order valence-corrected chi connectivity index (χ0v) is 11.2. The molecular formula is C13H20N4O. The third-order valence-electron chi connectivity index (χ3n) is 3.70. The quantitative estimate of drug-likeness (QED) is 0.856. The van der Waals surface area contributed by atoms with Crippen LogP contribution in [0, 0.1) is 5.41 Å². The number of hydrogen-bond donors (Lipinski definition) is 2. The van der Waals surface area contributed by atoms with Crippen LogP contribution < -0.4 is 10.6 Å². The zero-order valence-electron chi connectivity index (χ0n) is 11.2. The molecule has 1 amide bonds. The van der Waals surface area contributed by atoms with E-state index in [9.17, 15) is 4.79 Å². The molecule has 18 heavy (non-hydrogen) atoms. The number of hydrogen-bond acceptors (Lipinski definition) is 4. The van der Waals surface area contributed by atoms with E-state index in [1.807, 2.05) is 6.07 Å². The fraction of sp³-hybridized carbons (Fsp3) is 0.615. The van der Waals surface area contributed by atoms with Crippen molar-refractivity contribution in [2.24, 2.45) is 5.41 Å². The lowest BCUT2D eigenvalue weighted by Crippen LogP contribution is -2.31. The Morgan fingerprint density at radius 1 is 1.39 bits per heavy atom. The van der Waals surface area contributed by atoms with Crippen molar-refractivity contribution in [1.82, 2.24) is 15.5 Å². The third kappa shape index (κ3) is 2.60. The molecule has 98 valence electrons. The van der Waals surface area contributed by atoms with Gasteiger partial charge in [0.1, 0.15) is 5.82 Å². The van der Waals surface area contributed by atoms with Crippen LogP contribution in [-0.4, -0.2) is 29.2 Å². The van der Waals surface area contributed by atoms with Crippen molar-refractivity contribution in [3.8, 4) is 0 Å². The lowest BCUT2D eigenvalue weighted by Gasteiger charge is -2.28. The molecule has 0 bridgehead atoms. The molecule has 5 nitrogen and oxygen atoms in total. The van der Waals surface area contributed by atoms with E-state index in [2.05, 4.69) is 34.7 Å². The SMILES string of the molecule is CNC(=O)c1ccc(NC2CCCC2(C)C)nn1. The van der Waals surface area contributed by atoms with E-state index in [1.54, 1.807) is 13.1 Å². The van der Waals surface area contributed by atoms with E-state index in [0.29, 0.717) is 17.2 Å². The Balaban J connectivity index is 2.04. The van der Waals surface area contributed by atoms with Crippen molar-refractivity contribution >= 4 is 11.7 Å². The van der Waals surface area contributed by atoms with E-state index >= 15 is 0 Å². The number of nitrogens with one attached hydrogen (secondary N) is 2. The Bertz CT molecular complexity index is 427. The highest BCUT2D eigenvalue weighted by Gasteiger charge is 2.34. The molecule has 2 N–H and O–H groups in total. The van der Waals surface area contributed by atoms with Gasteiger partial charge >= 0.3 is 0 Å². The lowest BCUT2D eigenvalue weighted by atomic mass is 9.87. The fourth-order valence-corrected chi connectivity index (χ4v) is 2.43. The Labute approximate surface area is 107 Å². The summed E-state index contributed by atoms with van der Waals surface area (Å²) in [7, 11) is 1.58. The fourth-order valence-electron chi connectivity index (χ4n) is 2.43. The number of rotatable bonds is 3. The van der Waals surface area contributed by atoms with Crippen LogP contribution in [0.1, 0.15) is 43.6 Å². The van der Waals surface area contributed by atoms with Crippen LogP contribution in [0.3, 0.4) is 0 Å². The molecular weight excluding hydrogens is 228 g/mol. The summed E-state index contributed by atoms with van der Waals surface area (Å²) >= 11 is 0. The molecule has 1 aromatic heterocycles. The molecule has 1 unspecified atom stereocenters. The van der Waals surface area contributed by atoms with E-state index in [4.69, 9.17) is 0 Å². The van der Waals surface area contributed by atoms with Gasteiger partial charge in [-0.2, -0.15) is 0 Å². The summed E-state index contributed by atoms with van der Waals surface area (Å²) in [5.41, 5.74) is 0.634. The number of nitrogens with zero attached hydrogens (tertiary/aromatic N) is 2.